The molecule has 140 valence electrons. The van der Waals surface area contributed by atoms with Crippen LogP contribution in [0.15, 0.2) is 29.6 Å². The van der Waals surface area contributed by atoms with E-state index in [9.17, 15) is 4.79 Å². The molecule has 0 unspecified atom stereocenters. The van der Waals surface area contributed by atoms with Crippen molar-refractivity contribution in [2.45, 2.75) is 45.1 Å². The van der Waals surface area contributed by atoms with E-state index in [4.69, 9.17) is 0 Å². The number of nitrogens with zero attached hydrogens (tertiary/aromatic N) is 2. The summed E-state index contributed by atoms with van der Waals surface area (Å²) in [6, 6.07) is 6.04. The summed E-state index contributed by atoms with van der Waals surface area (Å²) in [6.45, 7) is 6.34. The Hall–Kier alpha value is -1.92. The van der Waals surface area contributed by atoms with Gasteiger partial charge in [0.2, 0.25) is 5.91 Å². The van der Waals surface area contributed by atoms with Gasteiger partial charge < -0.3 is 5.32 Å². The van der Waals surface area contributed by atoms with Crippen molar-refractivity contribution in [2.75, 3.05) is 11.1 Å². The molecule has 3 aromatic rings. The molecule has 1 N–H and O–H groups in total. The zero-order valence-corrected chi connectivity index (χ0v) is 17.5. The number of aryl methyl sites for hydroxylation is 3. The van der Waals surface area contributed by atoms with Crippen LogP contribution < -0.4 is 5.32 Å². The molecule has 27 heavy (non-hydrogen) atoms. The fraction of sp³-hybridized carbons (Fsp3) is 0.381. The number of hydrogen-bond acceptors (Lipinski definition) is 5. The second kappa shape index (κ2) is 7.60. The summed E-state index contributed by atoms with van der Waals surface area (Å²) in [5.41, 5.74) is 4.49. The van der Waals surface area contributed by atoms with Gasteiger partial charge in [-0.25, -0.2) is 9.97 Å². The normalized spacial score (nSPS) is 16.3. The lowest BCUT2D eigenvalue weighted by atomic mass is 9.89. The number of nitrogens with one attached hydrogen (secondary N) is 1. The van der Waals surface area contributed by atoms with Crippen LogP contribution in [-0.2, 0) is 17.6 Å². The Morgan fingerprint density at radius 2 is 2.07 bits per heavy atom. The first-order chi connectivity index (χ1) is 13.0. The van der Waals surface area contributed by atoms with Gasteiger partial charge in [0.1, 0.15) is 16.2 Å². The topological polar surface area (TPSA) is 54.9 Å². The molecule has 2 aromatic heterocycles. The molecule has 6 heteroatoms. The largest absolute Gasteiger partial charge is 0.325 e. The van der Waals surface area contributed by atoms with E-state index in [1.165, 1.54) is 34.0 Å². The van der Waals surface area contributed by atoms with Crippen LogP contribution in [0.3, 0.4) is 0 Å². The van der Waals surface area contributed by atoms with Gasteiger partial charge in [-0.05, 0) is 55.7 Å². The Kier molecular flexibility index (Phi) is 5.19. The first-order valence-electron chi connectivity index (χ1n) is 9.27. The van der Waals surface area contributed by atoms with Crippen LogP contribution in [-0.4, -0.2) is 21.6 Å². The molecular weight excluding hydrogens is 374 g/mol. The second-order valence-electron chi connectivity index (χ2n) is 7.31. The summed E-state index contributed by atoms with van der Waals surface area (Å²) >= 11 is 3.30. The Labute approximate surface area is 167 Å². The number of para-hydroxylation sites is 1. The molecule has 1 aliphatic rings. The average Bonchev–Trinajstić information content (AvgIpc) is 3.01. The van der Waals surface area contributed by atoms with E-state index in [1.807, 2.05) is 32.0 Å². The quantitative estimate of drug-likeness (QED) is 0.488. The standard InChI is InChI=1S/C21H23N3OS2/c1-12-7-8-15-16(9-12)27-21-18(15)20(22-11-23-21)26-10-17(25)24-19-13(2)5-4-6-14(19)3/h4-6,11-12H,7-10H2,1-3H3,(H,24,25)/t12-/m1/s1. The Morgan fingerprint density at radius 3 is 2.85 bits per heavy atom. The predicted octanol–water partition coefficient (Wildman–Crippen LogP) is 5.16. The molecule has 4 rings (SSSR count). The Bertz CT molecular complexity index is 992. The molecule has 1 amide bonds. The van der Waals surface area contributed by atoms with E-state index in [1.54, 1.807) is 17.7 Å². The van der Waals surface area contributed by atoms with E-state index in [0.29, 0.717) is 5.75 Å². The smallest absolute Gasteiger partial charge is 0.234 e. The summed E-state index contributed by atoms with van der Waals surface area (Å²) in [7, 11) is 0. The van der Waals surface area contributed by atoms with Gasteiger partial charge in [-0.15, -0.1) is 11.3 Å². The van der Waals surface area contributed by atoms with E-state index in [-0.39, 0.29) is 5.91 Å². The van der Waals surface area contributed by atoms with Crippen LogP contribution in [0.4, 0.5) is 5.69 Å². The van der Waals surface area contributed by atoms with E-state index < -0.39 is 0 Å². The van der Waals surface area contributed by atoms with Crippen molar-refractivity contribution in [3.8, 4) is 0 Å². The van der Waals surface area contributed by atoms with E-state index >= 15 is 0 Å². The number of thiophene rings is 1. The van der Waals surface area contributed by atoms with Crippen molar-refractivity contribution >= 4 is 44.9 Å². The second-order valence-corrected chi connectivity index (χ2v) is 9.36. The first-order valence-corrected chi connectivity index (χ1v) is 11.1. The van der Waals surface area contributed by atoms with Crippen molar-refractivity contribution in [1.29, 1.82) is 0 Å². The number of carbonyl (C=O) groups is 1. The predicted molar refractivity (Wildman–Crippen MR) is 114 cm³/mol. The molecule has 0 saturated carbocycles. The molecule has 4 nitrogen and oxygen atoms in total. The monoisotopic (exact) mass is 397 g/mol. The number of fused-ring (bicyclic) bond motifs is 3. The minimum atomic E-state index is 0.00174. The molecule has 0 radical (unpaired) electrons. The molecular formula is C21H23N3OS2. The van der Waals surface area contributed by atoms with Crippen molar-refractivity contribution in [1.82, 2.24) is 9.97 Å². The van der Waals surface area contributed by atoms with Crippen LogP contribution in [0.25, 0.3) is 10.2 Å². The number of amides is 1. The third-order valence-electron chi connectivity index (χ3n) is 5.14. The van der Waals surface area contributed by atoms with Crippen LogP contribution >= 0.6 is 23.1 Å². The highest BCUT2D eigenvalue weighted by atomic mass is 32.2. The summed E-state index contributed by atoms with van der Waals surface area (Å²) in [6.07, 6.45) is 5.06. The average molecular weight is 398 g/mol. The molecule has 0 fully saturated rings. The molecule has 0 spiro atoms. The van der Waals surface area contributed by atoms with Crippen molar-refractivity contribution in [3.05, 3.63) is 46.1 Å². The summed E-state index contributed by atoms with van der Waals surface area (Å²) in [5, 5.41) is 5.17. The lowest BCUT2D eigenvalue weighted by Gasteiger charge is -2.18. The summed E-state index contributed by atoms with van der Waals surface area (Å²) in [5.74, 6) is 1.08. The molecule has 0 aliphatic heterocycles. The number of hydrogen-bond donors (Lipinski definition) is 1. The number of carbonyl (C=O) groups excluding carboxylic acids is 1. The number of anilines is 1. The highest BCUT2D eigenvalue weighted by Gasteiger charge is 2.23. The highest BCUT2D eigenvalue weighted by Crippen LogP contribution is 2.40. The summed E-state index contributed by atoms with van der Waals surface area (Å²) in [4.78, 5) is 24.0. The Morgan fingerprint density at radius 1 is 1.30 bits per heavy atom. The first kappa shape index (κ1) is 18.4. The Balaban J connectivity index is 1.53. The molecule has 2 heterocycles. The van der Waals surface area contributed by atoms with Gasteiger partial charge in [0.25, 0.3) is 0 Å². The molecule has 1 atom stereocenters. The van der Waals surface area contributed by atoms with Gasteiger partial charge in [-0.2, -0.15) is 0 Å². The zero-order valence-electron chi connectivity index (χ0n) is 15.8. The third kappa shape index (κ3) is 3.73. The van der Waals surface area contributed by atoms with Crippen LogP contribution in [0, 0.1) is 19.8 Å². The maximum absolute atomic E-state index is 12.5. The maximum atomic E-state index is 12.5. The molecule has 1 aliphatic carbocycles. The van der Waals surface area contributed by atoms with Gasteiger partial charge in [0.05, 0.1) is 5.75 Å². The van der Waals surface area contributed by atoms with Crippen LogP contribution in [0.5, 0.6) is 0 Å². The van der Waals surface area contributed by atoms with Crippen LogP contribution in [0.2, 0.25) is 0 Å². The van der Waals surface area contributed by atoms with Gasteiger partial charge in [0.15, 0.2) is 0 Å². The summed E-state index contributed by atoms with van der Waals surface area (Å²) < 4.78 is 0. The van der Waals surface area contributed by atoms with Crippen molar-refractivity contribution < 1.29 is 4.79 Å². The van der Waals surface area contributed by atoms with Gasteiger partial charge in [0, 0.05) is 16.0 Å². The molecule has 0 bridgehead atoms. The lowest BCUT2D eigenvalue weighted by molar-refractivity contribution is -0.113. The van der Waals surface area contributed by atoms with Gasteiger partial charge in [-0.1, -0.05) is 36.9 Å². The number of aromatic nitrogens is 2. The SMILES string of the molecule is Cc1cccc(C)c1NC(=O)CSc1ncnc2sc3c(c12)CC[C@@H](C)C3. The molecule has 1 aromatic carbocycles. The fourth-order valence-electron chi connectivity index (χ4n) is 3.68. The van der Waals surface area contributed by atoms with E-state index in [2.05, 4.69) is 22.2 Å². The fourth-order valence-corrected chi connectivity index (χ4v) is 5.92. The zero-order chi connectivity index (χ0) is 19.0. The van der Waals surface area contributed by atoms with E-state index in [0.717, 1.165) is 45.4 Å². The lowest BCUT2D eigenvalue weighted by Crippen LogP contribution is -2.16. The van der Waals surface area contributed by atoms with Gasteiger partial charge in [-0.3, -0.25) is 4.79 Å². The number of benzene rings is 1. The minimum Gasteiger partial charge on any atom is -0.325 e. The number of rotatable bonds is 4. The van der Waals surface area contributed by atoms with Gasteiger partial charge >= 0.3 is 0 Å². The maximum Gasteiger partial charge on any atom is 0.234 e. The minimum absolute atomic E-state index is 0.00174. The van der Waals surface area contributed by atoms with Crippen molar-refractivity contribution in [3.63, 3.8) is 0 Å². The highest BCUT2D eigenvalue weighted by molar-refractivity contribution is 8.00. The van der Waals surface area contributed by atoms with Crippen molar-refractivity contribution in [2.24, 2.45) is 5.92 Å². The van der Waals surface area contributed by atoms with Crippen LogP contribution in [0.1, 0.15) is 34.9 Å². The number of thioether (sulfide) groups is 1. The molecule has 0 saturated heterocycles. The third-order valence-corrected chi connectivity index (χ3v) is 7.29.